The molecule has 1 atom stereocenters. The Kier molecular flexibility index (Phi) is 2.35. The second-order valence-electron chi connectivity index (χ2n) is 4.93. The van der Waals surface area contributed by atoms with E-state index in [4.69, 9.17) is 5.73 Å². The van der Waals surface area contributed by atoms with Gasteiger partial charge in [0.05, 0.1) is 5.54 Å². The second kappa shape index (κ2) is 3.65. The summed E-state index contributed by atoms with van der Waals surface area (Å²) in [5.74, 6) is 0. The van der Waals surface area contributed by atoms with Gasteiger partial charge in [-0.1, -0.05) is 23.8 Å². The summed E-state index contributed by atoms with van der Waals surface area (Å²) < 4.78 is 0. The van der Waals surface area contributed by atoms with Crippen LogP contribution in [-0.2, 0) is 12.0 Å². The zero-order valence-electron chi connectivity index (χ0n) is 10.2. The van der Waals surface area contributed by atoms with Gasteiger partial charge in [0.15, 0.2) is 0 Å². The molecule has 2 nitrogen and oxygen atoms in total. The standard InChI is InChI=1S/C14H16N2S/c1-9-3-4-11-5-6-14(15,12(11)7-9)13-16-10(2)8-17-13/h3-4,7-8H,5-6,15H2,1-2H3. The van der Waals surface area contributed by atoms with Crippen LogP contribution >= 0.6 is 11.3 Å². The number of hydrogen-bond acceptors (Lipinski definition) is 3. The van der Waals surface area contributed by atoms with E-state index in [2.05, 4.69) is 35.5 Å². The molecule has 1 aliphatic carbocycles. The van der Waals surface area contributed by atoms with E-state index in [9.17, 15) is 0 Å². The normalized spacial score (nSPS) is 22.8. The molecule has 1 aromatic carbocycles. The molecule has 0 saturated heterocycles. The van der Waals surface area contributed by atoms with Gasteiger partial charge in [0.1, 0.15) is 5.01 Å². The zero-order chi connectivity index (χ0) is 12.0. The number of aryl methyl sites for hydroxylation is 3. The highest BCUT2D eigenvalue weighted by atomic mass is 32.1. The summed E-state index contributed by atoms with van der Waals surface area (Å²) in [6, 6.07) is 6.59. The number of aromatic nitrogens is 1. The molecule has 0 saturated carbocycles. The lowest BCUT2D eigenvalue weighted by Crippen LogP contribution is -2.35. The van der Waals surface area contributed by atoms with Crippen molar-refractivity contribution in [2.75, 3.05) is 0 Å². The lowest BCUT2D eigenvalue weighted by Gasteiger charge is -2.23. The highest BCUT2D eigenvalue weighted by molar-refractivity contribution is 7.09. The van der Waals surface area contributed by atoms with E-state index in [-0.39, 0.29) is 5.54 Å². The Morgan fingerprint density at radius 1 is 1.35 bits per heavy atom. The Morgan fingerprint density at radius 2 is 2.18 bits per heavy atom. The Hall–Kier alpha value is -1.19. The molecule has 88 valence electrons. The number of thiazole rings is 1. The molecule has 3 rings (SSSR count). The van der Waals surface area contributed by atoms with Gasteiger partial charge in [0, 0.05) is 11.1 Å². The molecule has 1 unspecified atom stereocenters. The molecule has 0 radical (unpaired) electrons. The van der Waals surface area contributed by atoms with Crippen molar-refractivity contribution in [1.29, 1.82) is 0 Å². The van der Waals surface area contributed by atoms with Crippen molar-refractivity contribution < 1.29 is 0 Å². The van der Waals surface area contributed by atoms with Crippen molar-refractivity contribution in [2.24, 2.45) is 5.73 Å². The van der Waals surface area contributed by atoms with E-state index < -0.39 is 0 Å². The maximum atomic E-state index is 6.62. The monoisotopic (exact) mass is 244 g/mol. The minimum absolute atomic E-state index is 0.361. The van der Waals surface area contributed by atoms with Crippen LogP contribution in [-0.4, -0.2) is 4.98 Å². The van der Waals surface area contributed by atoms with Gasteiger partial charge in [-0.05, 0) is 37.8 Å². The smallest absolute Gasteiger partial charge is 0.117 e. The molecule has 0 spiro atoms. The first-order valence-corrected chi connectivity index (χ1v) is 6.79. The number of fused-ring (bicyclic) bond motifs is 1. The lowest BCUT2D eigenvalue weighted by atomic mass is 9.92. The Bertz CT molecular complexity index is 573. The number of rotatable bonds is 1. The average molecular weight is 244 g/mol. The largest absolute Gasteiger partial charge is 0.316 e. The van der Waals surface area contributed by atoms with Gasteiger partial charge in [-0.3, -0.25) is 0 Å². The minimum atomic E-state index is -0.361. The van der Waals surface area contributed by atoms with Crippen LogP contribution in [0.2, 0.25) is 0 Å². The molecule has 2 aromatic rings. The molecular formula is C14H16N2S. The Morgan fingerprint density at radius 3 is 2.88 bits per heavy atom. The van der Waals surface area contributed by atoms with Crippen LogP contribution in [0.5, 0.6) is 0 Å². The maximum absolute atomic E-state index is 6.62. The van der Waals surface area contributed by atoms with Gasteiger partial charge in [0.25, 0.3) is 0 Å². The summed E-state index contributed by atoms with van der Waals surface area (Å²) in [5, 5.41) is 3.14. The lowest BCUT2D eigenvalue weighted by molar-refractivity contribution is 0.530. The van der Waals surface area contributed by atoms with E-state index >= 15 is 0 Å². The third-order valence-electron chi connectivity index (χ3n) is 3.54. The van der Waals surface area contributed by atoms with Gasteiger partial charge < -0.3 is 5.73 Å². The molecule has 3 heteroatoms. The number of nitrogens with two attached hydrogens (primary N) is 1. The summed E-state index contributed by atoms with van der Waals surface area (Å²) in [4.78, 5) is 4.59. The van der Waals surface area contributed by atoms with Crippen LogP contribution in [0.4, 0.5) is 0 Å². The van der Waals surface area contributed by atoms with Gasteiger partial charge in [0.2, 0.25) is 0 Å². The number of hydrogen-bond donors (Lipinski definition) is 1. The first-order valence-electron chi connectivity index (χ1n) is 5.91. The van der Waals surface area contributed by atoms with Crippen LogP contribution in [0.1, 0.15) is 33.8 Å². The van der Waals surface area contributed by atoms with Crippen molar-refractivity contribution in [3.8, 4) is 0 Å². The Labute approximate surface area is 106 Å². The van der Waals surface area contributed by atoms with Crippen LogP contribution in [0.3, 0.4) is 0 Å². The van der Waals surface area contributed by atoms with E-state index in [0.717, 1.165) is 23.5 Å². The van der Waals surface area contributed by atoms with Gasteiger partial charge in [-0.25, -0.2) is 4.98 Å². The molecule has 1 heterocycles. The topological polar surface area (TPSA) is 38.9 Å². The molecule has 17 heavy (non-hydrogen) atoms. The van der Waals surface area contributed by atoms with Crippen molar-refractivity contribution in [2.45, 2.75) is 32.2 Å². The maximum Gasteiger partial charge on any atom is 0.117 e. The first-order chi connectivity index (χ1) is 8.09. The zero-order valence-corrected chi connectivity index (χ0v) is 11.0. The highest BCUT2D eigenvalue weighted by Crippen LogP contribution is 2.41. The van der Waals surface area contributed by atoms with Crippen LogP contribution in [0.25, 0.3) is 0 Å². The summed E-state index contributed by atoms with van der Waals surface area (Å²) in [6.45, 7) is 4.14. The van der Waals surface area contributed by atoms with E-state index in [0.29, 0.717) is 0 Å². The molecule has 0 bridgehead atoms. The number of nitrogens with zero attached hydrogens (tertiary/aromatic N) is 1. The predicted octanol–water partition coefficient (Wildman–Crippen LogP) is 2.91. The quantitative estimate of drug-likeness (QED) is 0.837. The van der Waals surface area contributed by atoms with Crippen molar-refractivity contribution in [3.63, 3.8) is 0 Å². The molecule has 2 N–H and O–H groups in total. The minimum Gasteiger partial charge on any atom is -0.316 e. The molecule has 0 fully saturated rings. The van der Waals surface area contributed by atoms with Crippen molar-refractivity contribution >= 4 is 11.3 Å². The second-order valence-corrected chi connectivity index (χ2v) is 5.78. The van der Waals surface area contributed by atoms with Gasteiger partial charge in [-0.15, -0.1) is 11.3 Å². The summed E-state index contributed by atoms with van der Waals surface area (Å²) in [7, 11) is 0. The molecule has 0 aliphatic heterocycles. The fourth-order valence-corrected chi connectivity index (χ4v) is 3.53. The van der Waals surface area contributed by atoms with E-state index in [1.54, 1.807) is 11.3 Å². The van der Waals surface area contributed by atoms with Crippen LogP contribution in [0.15, 0.2) is 23.6 Å². The van der Waals surface area contributed by atoms with Gasteiger partial charge in [-0.2, -0.15) is 0 Å². The molecule has 0 amide bonds. The highest BCUT2D eigenvalue weighted by Gasteiger charge is 2.38. The van der Waals surface area contributed by atoms with Crippen LogP contribution in [0, 0.1) is 13.8 Å². The first kappa shape index (κ1) is 10.9. The molecule has 1 aliphatic rings. The SMILES string of the molecule is Cc1ccc2c(c1)C(N)(c1nc(C)cs1)CC2. The third kappa shape index (κ3) is 1.61. The third-order valence-corrected chi connectivity index (χ3v) is 4.67. The van der Waals surface area contributed by atoms with Crippen molar-refractivity contribution in [3.05, 3.63) is 51.0 Å². The fraction of sp³-hybridized carbons (Fsp3) is 0.357. The van der Waals surface area contributed by atoms with Gasteiger partial charge >= 0.3 is 0 Å². The summed E-state index contributed by atoms with van der Waals surface area (Å²) in [6.07, 6.45) is 2.03. The van der Waals surface area contributed by atoms with Crippen molar-refractivity contribution in [1.82, 2.24) is 4.98 Å². The molecule has 1 aromatic heterocycles. The van der Waals surface area contributed by atoms with E-state index in [1.807, 2.05) is 6.92 Å². The predicted molar refractivity (Wildman–Crippen MR) is 71.3 cm³/mol. The Balaban J connectivity index is 2.16. The average Bonchev–Trinajstić information content (AvgIpc) is 2.86. The summed E-state index contributed by atoms with van der Waals surface area (Å²) >= 11 is 1.68. The molecular weight excluding hydrogens is 228 g/mol. The number of benzene rings is 1. The van der Waals surface area contributed by atoms with Crippen LogP contribution < -0.4 is 5.73 Å². The van der Waals surface area contributed by atoms with E-state index in [1.165, 1.54) is 16.7 Å². The fourth-order valence-electron chi connectivity index (χ4n) is 2.57. The summed E-state index contributed by atoms with van der Waals surface area (Å²) in [5.41, 5.74) is 11.2.